The third-order valence-electron chi connectivity index (χ3n) is 3.99. The molecule has 1 saturated carbocycles. The molecule has 0 unspecified atom stereocenters. The summed E-state index contributed by atoms with van der Waals surface area (Å²) in [6.07, 6.45) is 7.45. The Kier molecular flexibility index (Phi) is 4.88. The van der Waals surface area contributed by atoms with Gasteiger partial charge in [0.15, 0.2) is 0 Å². The molecule has 0 radical (unpaired) electrons. The number of amides is 1. The Balaban J connectivity index is 1.94. The summed E-state index contributed by atoms with van der Waals surface area (Å²) in [6, 6.07) is 7.56. The minimum Gasteiger partial charge on any atom is -0.366 e. The Labute approximate surface area is 119 Å². The van der Waals surface area contributed by atoms with Crippen molar-refractivity contribution in [2.75, 3.05) is 12.8 Å². The predicted octanol–water partition coefficient (Wildman–Crippen LogP) is 2.55. The summed E-state index contributed by atoms with van der Waals surface area (Å²) in [5.41, 5.74) is 7.00. The van der Waals surface area contributed by atoms with E-state index in [4.69, 9.17) is 5.73 Å². The first kappa shape index (κ1) is 14.4. The van der Waals surface area contributed by atoms with Crippen molar-refractivity contribution >= 4 is 17.7 Å². The Morgan fingerprint density at radius 3 is 2.68 bits per heavy atom. The van der Waals surface area contributed by atoms with Crippen molar-refractivity contribution < 1.29 is 4.79 Å². The molecule has 1 amide bonds. The number of carbonyl (C=O) groups excluding carboxylic acids is 1. The van der Waals surface area contributed by atoms with Gasteiger partial charge >= 0.3 is 0 Å². The maximum Gasteiger partial charge on any atom is 0.249 e. The molecule has 0 aliphatic heterocycles. The van der Waals surface area contributed by atoms with E-state index in [1.807, 2.05) is 30.0 Å². The van der Waals surface area contributed by atoms with Crippen LogP contribution in [0.4, 0.5) is 0 Å². The average molecular weight is 278 g/mol. The van der Waals surface area contributed by atoms with Gasteiger partial charge in [0.25, 0.3) is 0 Å². The number of rotatable bonds is 6. The van der Waals surface area contributed by atoms with Crippen molar-refractivity contribution in [2.24, 2.45) is 5.73 Å². The molecular formula is C15H22N2OS. The maximum absolute atomic E-state index is 11.4. The Morgan fingerprint density at radius 1 is 1.37 bits per heavy atom. The van der Waals surface area contributed by atoms with E-state index in [1.54, 1.807) is 6.07 Å². The summed E-state index contributed by atoms with van der Waals surface area (Å²) in [7, 11) is 0. The lowest BCUT2D eigenvalue weighted by molar-refractivity contribution is 0.0999. The molecule has 3 nitrogen and oxygen atoms in total. The molecule has 1 aliphatic rings. The lowest BCUT2D eigenvalue weighted by Gasteiger charge is -2.27. The van der Waals surface area contributed by atoms with E-state index in [0.29, 0.717) is 16.9 Å². The third-order valence-corrected chi connectivity index (χ3v) is 5.41. The zero-order valence-electron chi connectivity index (χ0n) is 11.4. The van der Waals surface area contributed by atoms with Crippen molar-refractivity contribution in [1.29, 1.82) is 0 Å². The van der Waals surface area contributed by atoms with E-state index >= 15 is 0 Å². The van der Waals surface area contributed by atoms with E-state index in [-0.39, 0.29) is 5.91 Å². The fraction of sp³-hybridized carbons (Fsp3) is 0.533. The van der Waals surface area contributed by atoms with Crippen LogP contribution < -0.4 is 11.1 Å². The summed E-state index contributed by atoms with van der Waals surface area (Å²) >= 11 is 1.97. The van der Waals surface area contributed by atoms with Crippen LogP contribution >= 0.6 is 11.8 Å². The molecule has 1 aromatic rings. The lowest BCUT2D eigenvalue weighted by atomic mass is 10.1. The van der Waals surface area contributed by atoms with Gasteiger partial charge in [-0.3, -0.25) is 4.79 Å². The van der Waals surface area contributed by atoms with Crippen LogP contribution in [0.5, 0.6) is 0 Å². The molecule has 0 bridgehead atoms. The quantitative estimate of drug-likeness (QED) is 0.841. The van der Waals surface area contributed by atoms with Crippen LogP contribution in [0.2, 0.25) is 0 Å². The van der Waals surface area contributed by atoms with Gasteiger partial charge in [-0.15, -0.1) is 0 Å². The highest BCUT2D eigenvalue weighted by atomic mass is 32.2. The molecule has 104 valence electrons. The number of primary amides is 1. The molecule has 1 aromatic carbocycles. The standard InChI is InChI=1S/C15H22N2OS/c1-19-15(8-4-5-9-15)11-17-10-12-6-2-3-7-13(12)14(16)18/h2-3,6-7,17H,4-5,8-11H2,1H3,(H2,16,18). The highest BCUT2D eigenvalue weighted by Crippen LogP contribution is 2.39. The second kappa shape index (κ2) is 6.44. The van der Waals surface area contributed by atoms with E-state index in [0.717, 1.165) is 12.1 Å². The molecule has 3 N–H and O–H groups in total. The minimum absolute atomic E-state index is 0.349. The second-order valence-corrected chi connectivity index (χ2v) is 6.49. The van der Waals surface area contributed by atoms with Crippen molar-refractivity contribution in [3.63, 3.8) is 0 Å². The van der Waals surface area contributed by atoms with E-state index in [2.05, 4.69) is 11.6 Å². The van der Waals surface area contributed by atoms with Gasteiger partial charge in [-0.05, 0) is 30.7 Å². The molecule has 0 spiro atoms. The van der Waals surface area contributed by atoms with E-state index < -0.39 is 0 Å². The predicted molar refractivity (Wildman–Crippen MR) is 81.4 cm³/mol. The molecule has 1 fully saturated rings. The first-order chi connectivity index (χ1) is 9.17. The number of nitrogens with two attached hydrogens (primary N) is 1. The largest absolute Gasteiger partial charge is 0.366 e. The molecule has 0 aromatic heterocycles. The Bertz CT molecular complexity index is 442. The average Bonchev–Trinajstić information content (AvgIpc) is 2.88. The fourth-order valence-electron chi connectivity index (χ4n) is 2.81. The van der Waals surface area contributed by atoms with E-state index in [1.165, 1.54) is 25.7 Å². The van der Waals surface area contributed by atoms with Crippen LogP contribution in [0, 0.1) is 0 Å². The van der Waals surface area contributed by atoms with Gasteiger partial charge in [0.2, 0.25) is 5.91 Å². The van der Waals surface area contributed by atoms with Gasteiger partial charge in [0.1, 0.15) is 0 Å². The van der Waals surface area contributed by atoms with Gasteiger partial charge in [0, 0.05) is 23.4 Å². The maximum atomic E-state index is 11.4. The van der Waals surface area contributed by atoms with Crippen LogP contribution in [0.15, 0.2) is 24.3 Å². The number of carbonyl (C=O) groups is 1. The molecule has 0 saturated heterocycles. The molecule has 0 atom stereocenters. The summed E-state index contributed by atoms with van der Waals surface area (Å²) in [5, 5.41) is 3.50. The first-order valence-electron chi connectivity index (χ1n) is 6.80. The monoisotopic (exact) mass is 278 g/mol. The number of hydrogen-bond donors (Lipinski definition) is 2. The van der Waals surface area contributed by atoms with Crippen LogP contribution in [0.1, 0.15) is 41.6 Å². The van der Waals surface area contributed by atoms with Crippen LogP contribution in [-0.4, -0.2) is 23.5 Å². The topological polar surface area (TPSA) is 55.1 Å². The number of thioether (sulfide) groups is 1. The molecule has 0 heterocycles. The molecule has 4 heteroatoms. The van der Waals surface area contributed by atoms with Gasteiger partial charge < -0.3 is 11.1 Å². The third kappa shape index (κ3) is 3.51. The zero-order chi connectivity index (χ0) is 13.7. The van der Waals surface area contributed by atoms with Crippen molar-refractivity contribution in [2.45, 2.75) is 37.0 Å². The van der Waals surface area contributed by atoms with Crippen molar-refractivity contribution in [3.8, 4) is 0 Å². The number of benzene rings is 1. The second-order valence-electron chi connectivity index (χ2n) is 5.22. The number of hydrogen-bond acceptors (Lipinski definition) is 3. The highest BCUT2D eigenvalue weighted by molar-refractivity contribution is 8.00. The summed E-state index contributed by atoms with van der Waals surface area (Å²) in [4.78, 5) is 11.4. The lowest BCUT2D eigenvalue weighted by Crippen LogP contribution is -2.35. The van der Waals surface area contributed by atoms with Crippen molar-refractivity contribution in [3.05, 3.63) is 35.4 Å². The van der Waals surface area contributed by atoms with Gasteiger partial charge in [-0.2, -0.15) is 11.8 Å². The normalized spacial score (nSPS) is 17.5. The Morgan fingerprint density at radius 2 is 2.05 bits per heavy atom. The highest BCUT2D eigenvalue weighted by Gasteiger charge is 2.32. The minimum atomic E-state index is -0.349. The Hall–Kier alpha value is -1.00. The summed E-state index contributed by atoms with van der Waals surface area (Å²) in [6.45, 7) is 1.71. The van der Waals surface area contributed by atoms with E-state index in [9.17, 15) is 4.79 Å². The summed E-state index contributed by atoms with van der Waals surface area (Å²) < 4.78 is 0.391. The summed E-state index contributed by atoms with van der Waals surface area (Å²) in [5.74, 6) is -0.349. The number of nitrogens with one attached hydrogen (secondary N) is 1. The smallest absolute Gasteiger partial charge is 0.249 e. The van der Waals surface area contributed by atoms with Crippen LogP contribution in [0.25, 0.3) is 0 Å². The zero-order valence-corrected chi connectivity index (χ0v) is 12.3. The van der Waals surface area contributed by atoms with Crippen molar-refractivity contribution in [1.82, 2.24) is 5.32 Å². The fourth-order valence-corrected chi connectivity index (χ4v) is 3.76. The van der Waals surface area contributed by atoms with Gasteiger partial charge in [-0.25, -0.2) is 0 Å². The van der Waals surface area contributed by atoms with Crippen LogP contribution in [0.3, 0.4) is 0 Å². The first-order valence-corrected chi connectivity index (χ1v) is 8.03. The van der Waals surface area contributed by atoms with Crippen LogP contribution in [-0.2, 0) is 6.54 Å². The molecule has 1 aliphatic carbocycles. The molecule has 19 heavy (non-hydrogen) atoms. The SMILES string of the molecule is CSC1(CNCc2ccccc2C(N)=O)CCCC1. The van der Waals surface area contributed by atoms with Gasteiger partial charge in [-0.1, -0.05) is 31.0 Å². The molecular weight excluding hydrogens is 256 g/mol. The molecule has 2 rings (SSSR count). The van der Waals surface area contributed by atoms with Gasteiger partial charge in [0.05, 0.1) is 0 Å².